The number of para-hydroxylation sites is 1. The average molecular weight is 412 g/mol. The van der Waals surface area contributed by atoms with E-state index in [4.69, 9.17) is 26.3 Å². The second-order valence-corrected chi connectivity index (χ2v) is 6.27. The van der Waals surface area contributed by atoms with Crippen molar-refractivity contribution in [3.8, 4) is 6.07 Å². The summed E-state index contributed by atoms with van der Waals surface area (Å²) >= 11 is 5.86. The molecule has 1 aliphatic rings. The Bertz CT molecular complexity index is 1040. The normalized spacial score (nSPS) is 12.8. The molecule has 0 aromatic heterocycles. The SMILES string of the molecule is N#Cc1ccc(Cl)cc1NC(=O)COC(=O)C1=C(Nc2ccccc2)OCC1=O. The van der Waals surface area contributed by atoms with Gasteiger partial charge in [-0.1, -0.05) is 29.8 Å². The van der Waals surface area contributed by atoms with E-state index in [-0.39, 0.29) is 29.3 Å². The first-order chi connectivity index (χ1) is 14.0. The summed E-state index contributed by atoms with van der Waals surface area (Å²) in [6, 6.07) is 15.1. The molecule has 0 bridgehead atoms. The summed E-state index contributed by atoms with van der Waals surface area (Å²) in [5.41, 5.74) is 0.699. The number of carbonyl (C=O) groups excluding carboxylic acids is 3. The van der Waals surface area contributed by atoms with Crippen molar-refractivity contribution < 1.29 is 23.9 Å². The predicted molar refractivity (Wildman–Crippen MR) is 104 cm³/mol. The third-order valence-electron chi connectivity index (χ3n) is 3.80. The Morgan fingerprint density at radius 3 is 2.69 bits per heavy atom. The van der Waals surface area contributed by atoms with Crippen molar-refractivity contribution in [2.45, 2.75) is 0 Å². The average Bonchev–Trinajstić information content (AvgIpc) is 3.07. The highest BCUT2D eigenvalue weighted by Crippen LogP contribution is 2.22. The Morgan fingerprint density at radius 1 is 1.21 bits per heavy atom. The standard InChI is InChI=1S/C20H14ClN3O5/c21-13-7-6-12(9-22)15(8-13)24-17(26)11-29-20(27)18-16(25)10-28-19(18)23-14-4-2-1-3-5-14/h1-8,23H,10-11H2,(H,24,26). The highest BCUT2D eigenvalue weighted by atomic mass is 35.5. The van der Waals surface area contributed by atoms with Crippen LogP contribution in [0.4, 0.5) is 11.4 Å². The highest BCUT2D eigenvalue weighted by Gasteiger charge is 2.32. The molecule has 3 rings (SSSR count). The predicted octanol–water partition coefficient (Wildman–Crippen LogP) is 2.62. The van der Waals surface area contributed by atoms with E-state index in [2.05, 4.69) is 10.6 Å². The number of nitrogens with zero attached hydrogens (tertiary/aromatic N) is 1. The lowest BCUT2D eigenvalue weighted by Gasteiger charge is -2.10. The van der Waals surface area contributed by atoms with E-state index in [0.717, 1.165) is 0 Å². The summed E-state index contributed by atoms with van der Waals surface area (Å²) in [4.78, 5) is 36.4. The molecular formula is C20H14ClN3O5. The van der Waals surface area contributed by atoms with Gasteiger partial charge in [0.05, 0.1) is 11.3 Å². The molecule has 0 aliphatic carbocycles. The Hall–Kier alpha value is -3.83. The van der Waals surface area contributed by atoms with Crippen molar-refractivity contribution in [2.24, 2.45) is 0 Å². The Balaban J connectivity index is 1.65. The number of carbonyl (C=O) groups is 3. The minimum absolute atomic E-state index is 0.0341. The molecule has 9 heteroatoms. The second-order valence-electron chi connectivity index (χ2n) is 5.83. The zero-order valence-electron chi connectivity index (χ0n) is 14.9. The number of Topliss-reactive ketones (excluding diaryl/α,β-unsaturated/α-hetero) is 1. The fraction of sp³-hybridized carbons (Fsp3) is 0.100. The molecule has 0 radical (unpaired) electrons. The quantitative estimate of drug-likeness (QED) is 0.554. The number of rotatable bonds is 6. The first-order valence-electron chi connectivity index (χ1n) is 8.37. The molecule has 0 fully saturated rings. The second kappa shape index (κ2) is 8.91. The number of hydrogen-bond acceptors (Lipinski definition) is 7. The summed E-state index contributed by atoms with van der Waals surface area (Å²) in [5, 5.41) is 14.7. The number of esters is 1. The van der Waals surface area contributed by atoms with Gasteiger partial charge in [-0.2, -0.15) is 5.26 Å². The smallest absolute Gasteiger partial charge is 0.347 e. The maximum absolute atomic E-state index is 12.3. The molecule has 146 valence electrons. The molecule has 1 amide bonds. The lowest BCUT2D eigenvalue weighted by atomic mass is 10.2. The summed E-state index contributed by atoms with van der Waals surface area (Å²) in [6.45, 7) is -0.967. The molecule has 0 spiro atoms. The number of ketones is 1. The van der Waals surface area contributed by atoms with Crippen LogP contribution in [-0.4, -0.2) is 30.9 Å². The van der Waals surface area contributed by atoms with Gasteiger partial charge in [0.15, 0.2) is 18.8 Å². The molecule has 0 atom stereocenters. The fourth-order valence-corrected chi connectivity index (χ4v) is 2.65. The maximum Gasteiger partial charge on any atom is 0.347 e. The molecule has 1 heterocycles. The minimum atomic E-state index is -0.993. The summed E-state index contributed by atoms with van der Waals surface area (Å²) < 4.78 is 10.2. The minimum Gasteiger partial charge on any atom is -0.470 e. The monoisotopic (exact) mass is 411 g/mol. The van der Waals surface area contributed by atoms with Gasteiger partial charge in [0.1, 0.15) is 6.07 Å². The van der Waals surface area contributed by atoms with E-state index in [1.54, 1.807) is 24.3 Å². The van der Waals surface area contributed by atoms with E-state index in [0.29, 0.717) is 10.7 Å². The van der Waals surface area contributed by atoms with Crippen LogP contribution >= 0.6 is 11.6 Å². The largest absolute Gasteiger partial charge is 0.470 e. The summed E-state index contributed by atoms with van der Waals surface area (Å²) in [6.07, 6.45) is 0. The van der Waals surface area contributed by atoms with Gasteiger partial charge in [-0.3, -0.25) is 9.59 Å². The van der Waals surface area contributed by atoms with Crippen molar-refractivity contribution >= 4 is 40.6 Å². The van der Waals surface area contributed by atoms with Crippen LogP contribution in [0.1, 0.15) is 5.56 Å². The van der Waals surface area contributed by atoms with Gasteiger partial charge in [-0.05, 0) is 30.3 Å². The van der Waals surface area contributed by atoms with Crippen LogP contribution in [0.5, 0.6) is 0 Å². The molecule has 29 heavy (non-hydrogen) atoms. The number of amides is 1. The van der Waals surface area contributed by atoms with Gasteiger partial charge in [-0.25, -0.2) is 4.79 Å². The first kappa shape index (κ1) is 19.9. The van der Waals surface area contributed by atoms with Gasteiger partial charge >= 0.3 is 5.97 Å². The first-order valence-corrected chi connectivity index (χ1v) is 8.74. The van der Waals surface area contributed by atoms with Gasteiger partial charge in [0.2, 0.25) is 11.7 Å². The maximum atomic E-state index is 12.3. The van der Waals surface area contributed by atoms with E-state index < -0.39 is 24.3 Å². The van der Waals surface area contributed by atoms with Crippen LogP contribution in [0.15, 0.2) is 60.0 Å². The third-order valence-corrected chi connectivity index (χ3v) is 4.03. The Labute approximate surface area is 170 Å². The van der Waals surface area contributed by atoms with Crippen LogP contribution in [0.2, 0.25) is 5.02 Å². The number of benzene rings is 2. The Kier molecular flexibility index (Phi) is 6.12. The number of halogens is 1. The van der Waals surface area contributed by atoms with Crippen LogP contribution in [0, 0.1) is 11.3 Å². The van der Waals surface area contributed by atoms with Crippen LogP contribution in [0.3, 0.4) is 0 Å². The van der Waals surface area contributed by atoms with E-state index in [9.17, 15) is 14.4 Å². The summed E-state index contributed by atoms with van der Waals surface area (Å²) in [5.74, 6) is -2.28. The zero-order chi connectivity index (χ0) is 20.8. The van der Waals surface area contributed by atoms with E-state index in [1.165, 1.54) is 18.2 Å². The van der Waals surface area contributed by atoms with Crippen molar-refractivity contribution in [1.82, 2.24) is 0 Å². The van der Waals surface area contributed by atoms with Crippen LogP contribution in [-0.2, 0) is 23.9 Å². The lowest BCUT2D eigenvalue weighted by molar-refractivity contribution is -0.144. The van der Waals surface area contributed by atoms with Gasteiger partial charge in [0.25, 0.3) is 5.91 Å². The number of nitriles is 1. The Morgan fingerprint density at radius 2 is 1.97 bits per heavy atom. The van der Waals surface area contributed by atoms with E-state index >= 15 is 0 Å². The third kappa shape index (κ3) is 4.91. The molecule has 2 aromatic rings. The molecule has 0 saturated carbocycles. The van der Waals surface area contributed by atoms with Gasteiger partial charge < -0.3 is 20.1 Å². The van der Waals surface area contributed by atoms with Crippen molar-refractivity contribution in [2.75, 3.05) is 23.8 Å². The molecular weight excluding hydrogens is 398 g/mol. The van der Waals surface area contributed by atoms with Gasteiger partial charge in [-0.15, -0.1) is 0 Å². The molecule has 2 aromatic carbocycles. The number of nitrogens with one attached hydrogen (secondary N) is 2. The van der Waals surface area contributed by atoms with Crippen LogP contribution in [0.25, 0.3) is 0 Å². The topological polar surface area (TPSA) is 118 Å². The summed E-state index contributed by atoms with van der Waals surface area (Å²) in [7, 11) is 0. The highest BCUT2D eigenvalue weighted by molar-refractivity contribution is 6.31. The number of ether oxygens (including phenoxy) is 2. The molecule has 0 saturated heterocycles. The molecule has 8 nitrogen and oxygen atoms in total. The van der Waals surface area contributed by atoms with E-state index in [1.807, 2.05) is 12.1 Å². The van der Waals surface area contributed by atoms with Crippen molar-refractivity contribution in [1.29, 1.82) is 5.26 Å². The molecule has 1 aliphatic heterocycles. The number of hydrogen-bond donors (Lipinski definition) is 2. The van der Waals surface area contributed by atoms with Crippen molar-refractivity contribution in [3.05, 3.63) is 70.6 Å². The molecule has 0 unspecified atom stereocenters. The number of anilines is 2. The zero-order valence-corrected chi connectivity index (χ0v) is 15.7. The van der Waals surface area contributed by atoms with Crippen molar-refractivity contribution in [3.63, 3.8) is 0 Å². The molecule has 2 N–H and O–H groups in total. The van der Waals surface area contributed by atoms with Crippen LogP contribution < -0.4 is 10.6 Å². The fourth-order valence-electron chi connectivity index (χ4n) is 2.47. The lowest BCUT2D eigenvalue weighted by Crippen LogP contribution is -2.24. The van der Waals surface area contributed by atoms with Gasteiger partial charge in [0, 0.05) is 10.7 Å².